The number of carbonyl (C=O) groups is 1. The SMILES string of the molecule is COC(=O)N1Cc2cc(S(C)(=O)=O)ccc2C1C1C(CNc2ccc(C(O)(C(F)(F)F)C(F)(F)F)cc2)=Cc2ccccc21. The van der Waals surface area contributed by atoms with Crippen LogP contribution in [0.2, 0.25) is 0 Å². The number of hydrogen-bond donors (Lipinski definition) is 2. The molecule has 7 nitrogen and oxygen atoms in total. The Hall–Kier alpha value is -4.04. The van der Waals surface area contributed by atoms with E-state index in [9.17, 15) is 44.7 Å². The summed E-state index contributed by atoms with van der Waals surface area (Å²) >= 11 is 0. The summed E-state index contributed by atoms with van der Waals surface area (Å²) in [5, 5.41) is 12.7. The summed E-state index contributed by atoms with van der Waals surface area (Å²) < 4.78 is 109. The standard InChI is InChI=1S/C30H26F6N2O5S/c1-43-27(39)38-16-19-14-22(44(2,41)42)11-12-24(19)26(38)25-18(13-17-5-3-4-6-23(17)25)15-37-21-9-7-20(8-10-21)28(40,29(31,32)33)30(34,35)36/h3-14,25-26,37,40H,15-16H2,1-2H3. The van der Waals surface area contributed by atoms with Crippen LogP contribution in [0.15, 0.2) is 77.2 Å². The van der Waals surface area contributed by atoms with Crippen LogP contribution in [-0.2, 0) is 26.7 Å². The van der Waals surface area contributed by atoms with Gasteiger partial charge in [-0.25, -0.2) is 13.2 Å². The van der Waals surface area contributed by atoms with E-state index < -0.39 is 51.4 Å². The summed E-state index contributed by atoms with van der Waals surface area (Å²) in [6.45, 7) is 0.169. The fraction of sp³-hybridized carbons (Fsp3) is 0.300. The molecule has 0 bridgehead atoms. The minimum atomic E-state index is -6.00. The third-order valence-electron chi connectivity index (χ3n) is 7.95. The first-order valence-corrected chi connectivity index (χ1v) is 15.0. The molecule has 234 valence electrons. The molecule has 0 aromatic heterocycles. The molecule has 3 aromatic rings. The summed E-state index contributed by atoms with van der Waals surface area (Å²) in [4.78, 5) is 14.5. The lowest BCUT2D eigenvalue weighted by atomic mass is 9.84. The third-order valence-corrected chi connectivity index (χ3v) is 9.06. The zero-order chi connectivity index (χ0) is 32.2. The highest BCUT2D eigenvalue weighted by atomic mass is 32.2. The van der Waals surface area contributed by atoms with E-state index in [1.165, 1.54) is 24.1 Å². The van der Waals surface area contributed by atoms with Gasteiger partial charge in [0.05, 0.1) is 24.6 Å². The van der Waals surface area contributed by atoms with Crippen LogP contribution in [0, 0.1) is 0 Å². The van der Waals surface area contributed by atoms with Crippen molar-refractivity contribution in [1.82, 2.24) is 4.90 Å². The molecule has 2 aliphatic rings. The summed E-state index contributed by atoms with van der Waals surface area (Å²) in [5.74, 6) is -0.456. The Morgan fingerprint density at radius 3 is 2.20 bits per heavy atom. The largest absolute Gasteiger partial charge is 0.453 e. The molecule has 44 heavy (non-hydrogen) atoms. The number of nitrogens with zero attached hydrogens (tertiary/aromatic N) is 1. The average molecular weight is 641 g/mol. The van der Waals surface area contributed by atoms with Gasteiger partial charge in [-0.1, -0.05) is 48.5 Å². The molecule has 0 saturated carbocycles. The van der Waals surface area contributed by atoms with Gasteiger partial charge in [-0.3, -0.25) is 4.90 Å². The van der Waals surface area contributed by atoms with Crippen molar-refractivity contribution in [2.45, 2.75) is 41.4 Å². The molecule has 1 amide bonds. The number of aliphatic hydroxyl groups is 1. The fourth-order valence-corrected chi connectivity index (χ4v) is 6.48. The number of anilines is 1. The molecule has 14 heteroatoms. The lowest BCUT2D eigenvalue weighted by Gasteiger charge is -2.33. The van der Waals surface area contributed by atoms with Crippen LogP contribution in [0.3, 0.4) is 0 Å². The number of amides is 1. The maximum atomic E-state index is 13.3. The second-order valence-corrected chi connectivity index (χ2v) is 12.7. The smallest absolute Gasteiger partial charge is 0.430 e. The fourth-order valence-electron chi connectivity index (χ4n) is 5.81. The number of fused-ring (bicyclic) bond motifs is 2. The van der Waals surface area contributed by atoms with Crippen LogP contribution >= 0.6 is 0 Å². The van der Waals surface area contributed by atoms with Gasteiger partial charge in [-0.05, 0) is 52.1 Å². The highest BCUT2D eigenvalue weighted by molar-refractivity contribution is 7.90. The van der Waals surface area contributed by atoms with E-state index in [2.05, 4.69) is 5.32 Å². The zero-order valence-electron chi connectivity index (χ0n) is 23.2. The van der Waals surface area contributed by atoms with Gasteiger partial charge in [-0.2, -0.15) is 26.3 Å². The summed E-state index contributed by atoms with van der Waals surface area (Å²) in [6.07, 6.45) is -9.68. The van der Waals surface area contributed by atoms with Gasteiger partial charge in [0.15, 0.2) is 9.84 Å². The molecule has 1 aliphatic carbocycles. The number of halogens is 6. The zero-order valence-corrected chi connectivity index (χ0v) is 24.0. The van der Waals surface area contributed by atoms with Gasteiger partial charge in [0.25, 0.3) is 5.60 Å². The molecule has 0 radical (unpaired) electrons. The number of hydrogen-bond acceptors (Lipinski definition) is 6. The van der Waals surface area contributed by atoms with Gasteiger partial charge in [0.1, 0.15) is 0 Å². The van der Waals surface area contributed by atoms with E-state index in [4.69, 9.17) is 4.74 Å². The average Bonchev–Trinajstić information content (AvgIpc) is 3.51. The Morgan fingerprint density at radius 1 is 0.977 bits per heavy atom. The molecule has 2 unspecified atom stereocenters. The van der Waals surface area contributed by atoms with Gasteiger partial charge in [0, 0.05) is 30.0 Å². The quantitative estimate of drug-likeness (QED) is 0.307. The molecular formula is C30H26F6N2O5S. The van der Waals surface area contributed by atoms with Crippen molar-refractivity contribution in [3.63, 3.8) is 0 Å². The first-order chi connectivity index (χ1) is 20.5. The molecular weight excluding hydrogens is 614 g/mol. The Morgan fingerprint density at radius 2 is 1.61 bits per heavy atom. The van der Waals surface area contributed by atoms with Crippen molar-refractivity contribution >= 4 is 27.7 Å². The molecule has 1 aliphatic heterocycles. The minimum Gasteiger partial charge on any atom is -0.453 e. The van der Waals surface area contributed by atoms with Gasteiger partial charge < -0.3 is 15.2 Å². The van der Waals surface area contributed by atoms with Gasteiger partial charge >= 0.3 is 18.4 Å². The van der Waals surface area contributed by atoms with Crippen molar-refractivity contribution < 1.29 is 49.4 Å². The second-order valence-electron chi connectivity index (χ2n) is 10.6. The Kier molecular flexibility index (Phi) is 7.73. The highest BCUT2D eigenvalue weighted by Gasteiger charge is 2.71. The summed E-state index contributed by atoms with van der Waals surface area (Å²) in [5.41, 5.74) is -2.45. The van der Waals surface area contributed by atoms with E-state index in [1.54, 1.807) is 6.07 Å². The van der Waals surface area contributed by atoms with E-state index in [0.29, 0.717) is 23.3 Å². The van der Waals surface area contributed by atoms with E-state index in [0.717, 1.165) is 35.1 Å². The highest BCUT2D eigenvalue weighted by Crippen LogP contribution is 2.52. The molecule has 2 N–H and O–H groups in total. The van der Waals surface area contributed by atoms with Crippen LogP contribution in [0.1, 0.15) is 39.8 Å². The van der Waals surface area contributed by atoms with E-state index >= 15 is 0 Å². The Labute approximate surface area is 248 Å². The summed E-state index contributed by atoms with van der Waals surface area (Å²) in [6, 6.07) is 14.6. The molecule has 1 heterocycles. The number of ether oxygens (including phenoxy) is 1. The van der Waals surface area contributed by atoms with Crippen molar-refractivity contribution in [1.29, 1.82) is 0 Å². The molecule has 0 spiro atoms. The molecule has 0 saturated heterocycles. The number of sulfone groups is 1. The normalized spacial score (nSPS) is 18.5. The van der Waals surface area contributed by atoms with Gasteiger partial charge in [-0.15, -0.1) is 0 Å². The van der Waals surface area contributed by atoms with Crippen LogP contribution in [0.4, 0.5) is 36.8 Å². The number of rotatable bonds is 6. The van der Waals surface area contributed by atoms with Crippen molar-refractivity contribution in [3.05, 3.63) is 100 Å². The van der Waals surface area contributed by atoms with Gasteiger partial charge in [0.2, 0.25) is 0 Å². The molecule has 3 aromatic carbocycles. The second kappa shape index (κ2) is 10.8. The monoisotopic (exact) mass is 640 g/mol. The maximum Gasteiger partial charge on any atom is 0.430 e. The van der Waals surface area contributed by atoms with E-state index in [1.807, 2.05) is 30.3 Å². The molecule has 5 rings (SSSR count). The maximum absolute atomic E-state index is 13.3. The summed E-state index contributed by atoms with van der Waals surface area (Å²) in [7, 11) is -2.30. The van der Waals surface area contributed by atoms with Crippen molar-refractivity contribution in [2.75, 3.05) is 25.2 Å². The first kappa shape index (κ1) is 31.4. The number of benzene rings is 3. The lowest BCUT2D eigenvalue weighted by molar-refractivity contribution is -0.376. The Bertz CT molecular complexity index is 1720. The lowest BCUT2D eigenvalue weighted by Crippen LogP contribution is -2.53. The number of nitrogens with one attached hydrogen (secondary N) is 1. The van der Waals surface area contributed by atoms with E-state index in [-0.39, 0.29) is 23.7 Å². The predicted molar refractivity (Wildman–Crippen MR) is 148 cm³/mol. The number of alkyl halides is 6. The minimum absolute atomic E-state index is 0.0815. The topological polar surface area (TPSA) is 95.9 Å². The van der Waals surface area contributed by atoms with Crippen LogP contribution in [0.25, 0.3) is 6.08 Å². The number of methoxy groups -OCH3 is 1. The van der Waals surface area contributed by atoms with Crippen molar-refractivity contribution in [3.8, 4) is 0 Å². The van der Waals surface area contributed by atoms with Crippen LogP contribution < -0.4 is 5.32 Å². The third kappa shape index (κ3) is 5.30. The Balaban J connectivity index is 1.48. The van der Waals surface area contributed by atoms with Crippen LogP contribution in [0.5, 0.6) is 0 Å². The van der Waals surface area contributed by atoms with Crippen molar-refractivity contribution in [2.24, 2.45) is 0 Å². The molecule has 2 atom stereocenters. The van der Waals surface area contributed by atoms with Crippen LogP contribution in [-0.4, -0.2) is 56.8 Å². The first-order valence-electron chi connectivity index (χ1n) is 13.1. The molecule has 0 fully saturated rings. The number of carbonyl (C=O) groups excluding carboxylic acids is 1. The predicted octanol–water partition coefficient (Wildman–Crippen LogP) is 6.32.